The molecule has 18 heavy (non-hydrogen) atoms. The fraction of sp³-hybridized carbons (Fsp3) is 0.143. The average Bonchev–Trinajstić information content (AvgIpc) is 2.32. The van der Waals surface area contributed by atoms with E-state index in [2.05, 4.69) is 5.32 Å². The van der Waals surface area contributed by atoms with Gasteiger partial charge >= 0.3 is 0 Å². The van der Waals surface area contributed by atoms with E-state index in [1.54, 1.807) is 18.2 Å². The molecule has 0 radical (unpaired) electrons. The summed E-state index contributed by atoms with van der Waals surface area (Å²) in [5.41, 5.74) is 2.10. The van der Waals surface area contributed by atoms with Gasteiger partial charge in [0.1, 0.15) is 11.6 Å². The van der Waals surface area contributed by atoms with Gasteiger partial charge in [0, 0.05) is 11.6 Å². The highest BCUT2D eigenvalue weighted by molar-refractivity contribution is 6.31. The maximum Gasteiger partial charge on any atom is 0.146 e. The van der Waals surface area contributed by atoms with Crippen molar-refractivity contribution in [2.45, 2.75) is 13.5 Å². The van der Waals surface area contributed by atoms with Gasteiger partial charge in [-0.05, 0) is 42.3 Å². The quantitative estimate of drug-likeness (QED) is 0.861. The average molecular weight is 268 g/mol. The summed E-state index contributed by atoms with van der Waals surface area (Å²) in [6.07, 6.45) is 0. The number of rotatable bonds is 3. The highest BCUT2D eigenvalue weighted by Gasteiger charge is 2.05. The van der Waals surface area contributed by atoms with Crippen LogP contribution in [0.2, 0.25) is 5.02 Å². The van der Waals surface area contributed by atoms with E-state index in [0.29, 0.717) is 17.3 Å². The van der Waals surface area contributed by atoms with Crippen molar-refractivity contribution in [2.75, 3.05) is 5.32 Å². The normalized spacial score (nSPS) is 10.4. The van der Waals surface area contributed by atoms with Crippen molar-refractivity contribution in [3.63, 3.8) is 0 Å². The van der Waals surface area contributed by atoms with Crippen LogP contribution in [0.3, 0.4) is 0 Å². The fourth-order valence-corrected chi connectivity index (χ4v) is 1.86. The van der Waals surface area contributed by atoms with E-state index >= 15 is 0 Å². The lowest BCUT2D eigenvalue weighted by Gasteiger charge is -2.09. The summed E-state index contributed by atoms with van der Waals surface area (Å²) < 4.78 is 26.3. The molecule has 0 aliphatic rings. The van der Waals surface area contributed by atoms with E-state index in [-0.39, 0.29) is 11.6 Å². The molecule has 2 aromatic carbocycles. The second-order valence-electron chi connectivity index (χ2n) is 4.07. The molecule has 0 fully saturated rings. The number of hydrogen-bond acceptors (Lipinski definition) is 1. The molecule has 4 heteroatoms. The standard InChI is InChI=1S/C14H12ClF2N/c1-9-2-5-13(17)14(6-9)18-8-10-3-4-11(16)7-12(10)15/h2-7,18H,8H2,1H3. The molecule has 0 unspecified atom stereocenters. The Morgan fingerprint density at radius 3 is 2.61 bits per heavy atom. The van der Waals surface area contributed by atoms with Crippen molar-refractivity contribution >= 4 is 17.3 Å². The van der Waals surface area contributed by atoms with Crippen molar-refractivity contribution in [1.82, 2.24) is 0 Å². The number of benzene rings is 2. The molecule has 0 spiro atoms. The van der Waals surface area contributed by atoms with Crippen LogP contribution in [0, 0.1) is 18.6 Å². The van der Waals surface area contributed by atoms with E-state index in [1.807, 2.05) is 6.92 Å². The van der Waals surface area contributed by atoms with E-state index in [0.717, 1.165) is 11.1 Å². The summed E-state index contributed by atoms with van der Waals surface area (Å²) in [6.45, 7) is 2.23. The summed E-state index contributed by atoms with van der Waals surface area (Å²) in [4.78, 5) is 0. The monoisotopic (exact) mass is 267 g/mol. The number of halogens is 3. The van der Waals surface area contributed by atoms with Gasteiger partial charge in [0.2, 0.25) is 0 Å². The van der Waals surface area contributed by atoms with Gasteiger partial charge in [0.25, 0.3) is 0 Å². The molecule has 0 saturated heterocycles. The molecule has 2 rings (SSSR count). The first-order valence-electron chi connectivity index (χ1n) is 5.50. The lowest BCUT2D eigenvalue weighted by atomic mass is 10.2. The van der Waals surface area contributed by atoms with Gasteiger partial charge in [0.05, 0.1) is 5.69 Å². The van der Waals surface area contributed by atoms with Gasteiger partial charge in [-0.2, -0.15) is 0 Å². The van der Waals surface area contributed by atoms with Crippen LogP contribution in [0.4, 0.5) is 14.5 Å². The minimum absolute atomic E-state index is 0.321. The van der Waals surface area contributed by atoms with E-state index < -0.39 is 0 Å². The maximum atomic E-state index is 13.5. The lowest BCUT2D eigenvalue weighted by molar-refractivity contribution is 0.626. The summed E-state index contributed by atoms with van der Waals surface area (Å²) in [6, 6.07) is 8.97. The summed E-state index contributed by atoms with van der Waals surface area (Å²) >= 11 is 5.89. The third-order valence-corrected chi connectivity index (χ3v) is 2.96. The molecule has 2 aromatic rings. The van der Waals surface area contributed by atoms with Crippen LogP contribution in [-0.2, 0) is 6.54 Å². The minimum atomic E-state index is -0.384. The first kappa shape index (κ1) is 12.8. The Bertz CT molecular complexity index is 570. The zero-order valence-electron chi connectivity index (χ0n) is 9.81. The number of nitrogens with one attached hydrogen (secondary N) is 1. The van der Waals surface area contributed by atoms with Crippen LogP contribution in [0.25, 0.3) is 0 Å². The van der Waals surface area contributed by atoms with Crippen LogP contribution in [0.5, 0.6) is 0 Å². The molecule has 1 nitrogen and oxygen atoms in total. The summed E-state index contributed by atoms with van der Waals surface area (Å²) in [5.74, 6) is -0.704. The van der Waals surface area contributed by atoms with Crippen molar-refractivity contribution in [1.29, 1.82) is 0 Å². The second kappa shape index (κ2) is 5.36. The van der Waals surface area contributed by atoms with Crippen molar-refractivity contribution < 1.29 is 8.78 Å². The Kier molecular flexibility index (Phi) is 3.82. The lowest BCUT2D eigenvalue weighted by Crippen LogP contribution is -2.02. The first-order chi connectivity index (χ1) is 8.56. The molecule has 0 heterocycles. The molecule has 0 aliphatic heterocycles. The van der Waals surface area contributed by atoms with E-state index in [9.17, 15) is 8.78 Å². The number of anilines is 1. The van der Waals surface area contributed by atoms with Crippen LogP contribution in [0.1, 0.15) is 11.1 Å². The van der Waals surface area contributed by atoms with Gasteiger partial charge in [-0.15, -0.1) is 0 Å². The maximum absolute atomic E-state index is 13.5. The van der Waals surface area contributed by atoms with E-state index in [1.165, 1.54) is 18.2 Å². The third kappa shape index (κ3) is 2.99. The molecule has 0 aliphatic carbocycles. The molecule has 0 atom stereocenters. The van der Waals surface area contributed by atoms with E-state index in [4.69, 9.17) is 11.6 Å². The Balaban J connectivity index is 2.13. The van der Waals surface area contributed by atoms with Gasteiger partial charge in [-0.3, -0.25) is 0 Å². The Labute approximate surface area is 109 Å². The van der Waals surface area contributed by atoms with Crippen LogP contribution in [-0.4, -0.2) is 0 Å². The van der Waals surface area contributed by atoms with Crippen LogP contribution < -0.4 is 5.32 Å². The number of hydrogen-bond donors (Lipinski definition) is 1. The molecule has 94 valence electrons. The first-order valence-corrected chi connectivity index (χ1v) is 5.88. The van der Waals surface area contributed by atoms with Gasteiger partial charge in [-0.25, -0.2) is 8.78 Å². The SMILES string of the molecule is Cc1ccc(F)c(NCc2ccc(F)cc2Cl)c1. The summed E-state index contributed by atoms with van der Waals surface area (Å²) in [5, 5.41) is 3.28. The van der Waals surface area contributed by atoms with Gasteiger partial charge < -0.3 is 5.32 Å². The minimum Gasteiger partial charge on any atom is -0.379 e. The highest BCUT2D eigenvalue weighted by Crippen LogP contribution is 2.20. The molecular formula is C14H12ClF2N. The molecule has 0 saturated carbocycles. The molecule has 0 bridgehead atoms. The van der Waals surface area contributed by atoms with Crippen molar-refractivity contribution in [2.24, 2.45) is 0 Å². The predicted molar refractivity (Wildman–Crippen MR) is 69.9 cm³/mol. The Morgan fingerprint density at radius 2 is 1.89 bits per heavy atom. The third-order valence-electron chi connectivity index (χ3n) is 2.61. The highest BCUT2D eigenvalue weighted by atomic mass is 35.5. The largest absolute Gasteiger partial charge is 0.379 e. The second-order valence-corrected chi connectivity index (χ2v) is 4.48. The molecule has 0 amide bonds. The smallest absolute Gasteiger partial charge is 0.146 e. The fourth-order valence-electron chi connectivity index (χ4n) is 1.63. The predicted octanol–water partition coefficient (Wildman–Crippen LogP) is 4.54. The van der Waals surface area contributed by atoms with Gasteiger partial charge in [-0.1, -0.05) is 23.7 Å². The molecule has 0 aromatic heterocycles. The topological polar surface area (TPSA) is 12.0 Å². The Morgan fingerprint density at radius 1 is 1.11 bits per heavy atom. The van der Waals surface area contributed by atoms with Crippen LogP contribution >= 0.6 is 11.6 Å². The summed E-state index contributed by atoms with van der Waals surface area (Å²) in [7, 11) is 0. The van der Waals surface area contributed by atoms with Crippen LogP contribution in [0.15, 0.2) is 36.4 Å². The zero-order valence-corrected chi connectivity index (χ0v) is 10.6. The van der Waals surface area contributed by atoms with Crippen molar-refractivity contribution in [3.8, 4) is 0 Å². The van der Waals surface area contributed by atoms with Crippen molar-refractivity contribution in [3.05, 3.63) is 64.2 Å². The zero-order chi connectivity index (χ0) is 13.1. The number of aryl methyl sites for hydroxylation is 1. The molecular weight excluding hydrogens is 256 g/mol. The Hall–Kier alpha value is -1.61. The molecule has 1 N–H and O–H groups in total. The van der Waals surface area contributed by atoms with Gasteiger partial charge in [0.15, 0.2) is 0 Å².